The number of carbonyl (C=O) groups is 1. The molecule has 1 aromatic heterocycles. The summed E-state index contributed by atoms with van der Waals surface area (Å²) in [7, 11) is 1.22. The van der Waals surface area contributed by atoms with Crippen LogP contribution in [0.15, 0.2) is 9.32 Å². The fourth-order valence-corrected chi connectivity index (χ4v) is 0.891. The molecule has 0 aliphatic rings. The Morgan fingerprint density at radius 2 is 2.33 bits per heavy atom. The number of hydrogen-bond acceptors (Lipinski definition) is 4. The molecule has 0 aromatic carbocycles. The van der Waals surface area contributed by atoms with Gasteiger partial charge in [-0.3, -0.25) is 0 Å². The van der Waals surface area contributed by atoms with E-state index in [0.29, 0.717) is 12.1 Å². The van der Waals surface area contributed by atoms with Crippen LogP contribution in [-0.4, -0.2) is 18.2 Å². The van der Waals surface area contributed by atoms with Gasteiger partial charge in [0.15, 0.2) is 5.56 Å². The molecule has 0 saturated heterocycles. The van der Waals surface area contributed by atoms with Crippen molar-refractivity contribution in [1.82, 2.24) is 5.16 Å². The van der Waals surface area contributed by atoms with Gasteiger partial charge in [0.25, 0.3) is 0 Å². The van der Waals surface area contributed by atoms with Gasteiger partial charge in [-0.1, -0.05) is 6.92 Å². The number of aryl methyl sites for hydroxylation is 1. The number of carbonyl (C=O) groups excluding carboxylic acids is 1. The summed E-state index contributed by atoms with van der Waals surface area (Å²) in [6.07, 6.45) is 0.524. The van der Waals surface area contributed by atoms with Gasteiger partial charge in [0, 0.05) is 0 Å². The van der Waals surface area contributed by atoms with Crippen LogP contribution in [0, 0.1) is 0 Å². The van der Waals surface area contributed by atoms with Crippen molar-refractivity contribution in [1.29, 1.82) is 0 Å². The molecule has 1 heterocycles. The van der Waals surface area contributed by atoms with E-state index in [1.54, 1.807) is 6.92 Å². The predicted octanol–water partition coefficient (Wildman–Crippen LogP) is 0.317. The smallest absolute Gasteiger partial charge is 0.372 e. The topological polar surface area (TPSA) is 72.3 Å². The fraction of sp³-hybridized carbons (Fsp3) is 0.429. The normalized spacial score (nSPS) is 9.83. The standard InChI is InChI=1S/C7H9NO4/c1-3-4-5(6(9)11-2)7(10)12-8-4/h8H,3H2,1-2H3. The average molecular weight is 171 g/mol. The van der Waals surface area contributed by atoms with Gasteiger partial charge in [-0.2, -0.15) is 0 Å². The number of methoxy groups -OCH3 is 1. The van der Waals surface area contributed by atoms with Crippen molar-refractivity contribution in [2.75, 3.05) is 7.11 Å². The average Bonchev–Trinajstić information content (AvgIpc) is 2.45. The van der Waals surface area contributed by atoms with E-state index in [-0.39, 0.29) is 5.56 Å². The van der Waals surface area contributed by atoms with Crippen molar-refractivity contribution in [2.24, 2.45) is 0 Å². The molecule has 5 nitrogen and oxygen atoms in total. The number of aromatic amines is 1. The predicted molar refractivity (Wildman–Crippen MR) is 40.0 cm³/mol. The molecule has 1 N–H and O–H groups in total. The summed E-state index contributed by atoms with van der Waals surface area (Å²) in [6, 6.07) is 0. The van der Waals surface area contributed by atoms with Gasteiger partial charge in [-0.15, -0.1) is 0 Å². The molecule has 0 spiro atoms. The summed E-state index contributed by atoms with van der Waals surface area (Å²) in [5.74, 6) is -0.665. The van der Waals surface area contributed by atoms with Gasteiger partial charge >= 0.3 is 11.6 Å². The van der Waals surface area contributed by atoms with E-state index in [1.165, 1.54) is 7.11 Å². The number of rotatable bonds is 2. The minimum atomic E-state index is -0.682. The van der Waals surface area contributed by atoms with Crippen LogP contribution < -0.4 is 5.63 Å². The zero-order chi connectivity index (χ0) is 9.14. The second kappa shape index (κ2) is 3.25. The number of H-pyrrole nitrogens is 1. The third-order valence-electron chi connectivity index (χ3n) is 1.52. The molecule has 0 unspecified atom stereocenters. The quantitative estimate of drug-likeness (QED) is 0.650. The van der Waals surface area contributed by atoms with Gasteiger partial charge in [-0.25, -0.2) is 14.7 Å². The molecular weight excluding hydrogens is 162 g/mol. The number of esters is 1. The summed E-state index contributed by atoms with van der Waals surface area (Å²) in [4.78, 5) is 21.9. The van der Waals surface area contributed by atoms with Crippen LogP contribution in [0.3, 0.4) is 0 Å². The van der Waals surface area contributed by atoms with E-state index in [9.17, 15) is 9.59 Å². The van der Waals surface area contributed by atoms with Crippen LogP contribution >= 0.6 is 0 Å². The van der Waals surface area contributed by atoms with E-state index in [1.807, 2.05) is 0 Å². The lowest BCUT2D eigenvalue weighted by Gasteiger charge is -1.94. The molecule has 0 fully saturated rings. The minimum Gasteiger partial charge on any atom is -0.465 e. The van der Waals surface area contributed by atoms with Crippen molar-refractivity contribution >= 4 is 5.97 Å². The molecule has 12 heavy (non-hydrogen) atoms. The van der Waals surface area contributed by atoms with Crippen LogP contribution in [0.1, 0.15) is 23.0 Å². The molecule has 66 valence electrons. The number of nitrogens with one attached hydrogen (secondary N) is 1. The highest BCUT2D eigenvalue weighted by Crippen LogP contribution is 2.02. The SMILES string of the molecule is CCc1[nH]oc(=O)c1C(=O)OC. The Bertz CT molecular complexity index is 335. The van der Waals surface area contributed by atoms with Crippen LogP contribution in [-0.2, 0) is 11.2 Å². The van der Waals surface area contributed by atoms with E-state index < -0.39 is 11.6 Å². The third kappa shape index (κ3) is 1.25. The highest BCUT2D eigenvalue weighted by Gasteiger charge is 2.18. The first kappa shape index (κ1) is 8.58. The Labute approximate surface area is 68.3 Å². The lowest BCUT2D eigenvalue weighted by Crippen LogP contribution is -2.13. The number of ether oxygens (including phenoxy) is 1. The third-order valence-corrected chi connectivity index (χ3v) is 1.52. The van der Waals surface area contributed by atoms with Crippen molar-refractivity contribution in [3.8, 4) is 0 Å². The zero-order valence-electron chi connectivity index (χ0n) is 6.84. The molecule has 0 aliphatic carbocycles. The Balaban J connectivity index is 3.19. The Morgan fingerprint density at radius 1 is 1.67 bits per heavy atom. The number of hydrogen-bond donors (Lipinski definition) is 1. The molecule has 5 heteroatoms. The van der Waals surface area contributed by atoms with Crippen LogP contribution in [0.25, 0.3) is 0 Å². The van der Waals surface area contributed by atoms with Gasteiger partial charge in [0.2, 0.25) is 0 Å². The molecule has 0 amide bonds. The maximum Gasteiger partial charge on any atom is 0.372 e. The van der Waals surface area contributed by atoms with Gasteiger partial charge in [0.05, 0.1) is 12.8 Å². The number of aromatic nitrogens is 1. The summed E-state index contributed by atoms with van der Waals surface area (Å²) in [6.45, 7) is 1.80. The van der Waals surface area contributed by atoms with Crippen LogP contribution in [0.5, 0.6) is 0 Å². The first-order valence-corrected chi connectivity index (χ1v) is 3.49. The maximum absolute atomic E-state index is 11.0. The molecule has 1 rings (SSSR count). The summed E-state index contributed by atoms with van der Waals surface area (Å²) < 4.78 is 8.83. The van der Waals surface area contributed by atoms with E-state index in [0.717, 1.165) is 0 Å². The Hall–Kier alpha value is -1.52. The first-order chi connectivity index (χ1) is 5.70. The van der Waals surface area contributed by atoms with Crippen LogP contribution in [0.2, 0.25) is 0 Å². The molecular formula is C7H9NO4. The van der Waals surface area contributed by atoms with E-state index in [2.05, 4.69) is 14.4 Å². The summed E-state index contributed by atoms with van der Waals surface area (Å²) in [5.41, 5.74) is -0.259. The first-order valence-electron chi connectivity index (χ1n) is 3.49. The fourth-order valence-electron chi connectivity index (χ4n) is 0.891. The second-order valence-electron chi connectivity index (χ2n) is 2.19. The lowest BCUT2D eigenvalue weighted by molar-refractivity contribution is 0.0597. The van der Waals surface area contributed by atoms with Crippen molar-refractivity contribution in [2.45, 2.75) is 13.3 Å². The summed E-state index contributed by atoms with van der Waals surface area (Å²) >= 11 is 0. The Kier molecular flexibility index (Phi) is 2.32. The highest BCUT2D eigenvalue weighted by molar-refractivity contribution is 5.89. The second-order valence-corrected chi connectivity index (χ2v) is 2.19. The zero-order valence-corrected chi connectivity index (χ0v) is 6.84. The van der Waals surface area contributed by atoms with Crippen molar-refractivity contribution < 1.29 is 14.1 Å². The molecule has 0 atom stereocenters. The highest BCUT2D eigenvalue weighted by atomic mass is 16.5. The molecule has 0 aliphatic heterocycles. The molecule has 0 radical (unpaired) electrons. The van der Waals surface area contributed by atoms with E-state index >= 15 is 0 Å². The van der Waals surface area contributed by atoms with Crippen molar-refractivity contribution in [3.63, 3.8) is 0 Å². The van der Waals surface area contributed by atoms with Gasteiger partial charge in [-0.05, 0) is 6.42 Å². The monoisotopic (exact) mass is 171 g/mol. The minimum absolute atomic E-state index is 0.0417. The molecule has 1 aromatic rings. The van der Waals surface area contributed by atoms with E-state index in [4.69, 9.17) is 0 Å². The van der Waals surface area contributed by atoms with Gasteiger partial charge < -0.3 is 9.26 Å². The van der Waals surface area contributed by atoms with Gasteiger partial charge in [0.1, 0.15) is 0 Å². The maximum atomic E-state index is 11.0. The Morgan fingerprint density at radius 3 is 2.83 bits per heavy atom. The summed E-state index contributed by atoms with van der Waals surface area (Å²) in [5, 5.41) is 2.35. The van der Waals surface area contributed by atoms with Crippen LogP contribution in [0.4, 0.5) is 0 Å². The lowest BCUT2D eigenvalue weighted by atomic mass is 10.2. The van der Waals surface area contributed by atoms with Crippen molar-refractivity contribution in [3.05, 3.63) is 21.7 Å². The molecule has 0 saturated carbocycles. The molecule has 0 bridgehead atoms. The largest absolute Gasteiger partial charge is 0.465 e.